The lowest BCUT2D eigenvalue weighted by atomic mass is 9.75. The number of hydrogen-bond acceptors (Lipinski definition) is 2. The summed E-state index contributed by atoms with van der Waals surface area (Å²) in [6.45, 7) is 0. The number of rotatable bonds is 4. The lowest BCUT2D eigenvalue weighted by Crippen LogP contribution is -2.47. The summed E-state index contributed by atoms with van der Waals surface area (Å²) in [6.07, 6.45) is 2.80. The molecule has 0 aliphatic heterocycles. The van der Waals surface area contributed by atoms with Crippen LogP contribution in [-0.4, -0.2) is 18.5 Å². The number of carbonyl (C=O) groups excluding carboxylic acids is 1. The van der Waals surface area contributed by atoms with E-state index >= 15 is 0 Å². The van der Waals surface area contributed by atoms with E-state index in [0.717, 1.165) is 19.3 Å². The first-order valence-corrected chi connectivity index (χ1v) is 6.38. The minimum atomic E-state index is -0.612. The number of carbonyl (C=O) groups is 1. The van der Waals surface area contributed by atoms with Gasteiger partial charge in [0, 0.05) is 18.0 Å². The minimum Gasteiger partial charge on any atom is -0.370 e. The van der Waals surface area contributed by atoms with E-state index in [-0.39, 0.29) is 18.0 Å². The highest BCUT2D eigenvalue weighted by molar-refractivity contribution is 9.10. The highest BCUT2D eigenvalue weighted by Gasteiger charge is 2.43. The Balaban J connectivity index is 2.12. The molecular weight excluding hydrogens is 287 g/mol. The summed E-state index contributed by atoms with van der Waals surface area (Å²) in [5.74, 6) is -0.286. The van der Waals surface area contributed by atoms with Crippen LogP contribution >= 0.6 is 15.9 Å². The second-order valence-electron chi connectivity index (χ2n) is 4.43. The number of hydrogen-bond donors (Lipinski definition) is 0. The molecule has 0 bridgehead atoms. The van der Waals surface area contributed by atoms with Crippen LogP contribution < -0.4 is 0 Å². The molecule has 0 aromatic heterocycles. The molecular formula is C13H14BrFO2. The zero-order valence-electron chi connectivity index (χ0n) is 9.63. The standard InChI is InChI=1S/C13H14BrFO2/c1-17-13(3-2-4-13)12(16)7-9-5-10(14)8-11(15)6-9/h5-6,8H,2-4,7H2,1H3. The van der Waals surface area contributed by atoms with Crippen molar-refractivity contribution in [3.05, 3.63) is 34.1 Å². The molecule has 4 heteroatoms. The van der Waals surface area contributed by atoms with Gasteiger partial charge in [0.15, 0.2) is 5.78 Å². The predicted molar refractivity (Wildman–Crippen MR) is 66.4 cm³/mol. The molecule has 0 atom stereocenters. The summed E-state index contributed by atoms with van der Waals surface area (Å²) in [7, 11) is 1.57. The monoisotopic (exact) mass is 300 g/mol. The Morgan fingerprint density at radius 1 is 1.47 bits per heavy atom. The maximum Gasteiger partial charge on any atom is 0.168 e. The van der Waals surface area contributed by atoms with Gasteiger partial charge >= 0.3 is 0 Å². The van der Waals surface area contributed by atoms with Crippen LogP contribution in [-0.2, 0) is 16.0 Å². The summed E-state index contributed by atoms with van der Waals surface area (Å²) in [5.41, 5.74) is 0.0731. The molecule has 92 valence electrons. The predicted octanol–water partition coefficient (Wildman–Crippen LogP) is 3.27. The summed E-state index contributed by atoms with van der Waals surface area (Å²) in [4.78, 5) is 12.1. The van der Waals surface area contributed by atoms with E-state index in [4.69, 9.17) is 4.74 Å². The van der Waals surface area contributed by atoms with Crippen molar-refractivity contribution in [2.75, 3.05) is 7.11 Å². The van der Waals surface area contributed by atoms with Crippen molar-refractivity contribution in [3.8, 4) is 0 Å². The smallest absolute Gasteiger partial charge is 0.168 e. The molecule has 0 radical (unpaired) electrons. The number of benzene rings is 1. The fourth-order valence-corrected chi connectivity index (χ4v) is 2.67. The molecule has 0 amide bonds. The molecule has 2 nitrogen and oxygen atoms in total. The highest BCUT2D eigenvalue weighted by atomic mass is 79.9. The Morgan fingerprint density at radius 3 is 2.65 bits per heavy atom. The van der Waals surface area contributed by atoms with Crippen LogP contribution in [0.2, 0.25) is 0 Å². The van der Waals surface area contributed by atoms with Gasteiger partial charge in [0.1, 0.15) is 11.4 Å². The first-order chi connectivity index (χ1) is 8.05. The van der Waals surface area contributed by atoms with Gasteiger partial charge in [-0.1, -0.05) is 15.9 Å². The Labute approximate surface area is 108 Å². The van der Waals surface area contributed by atoms with Crippen LogP contribution in [0.1, 0.15) is 24.8 Å². The van der Waals surface area contributed by atoms with Crippen LogP contribution in [0.15, 0.2) is 22.7 Å². The van der Waals surface area contributed by atoms with Crippen molar-refractivity contribution in [2.24, 2.45) is 0 Å². The van der Waals surface area contributed by atoms with Gasteiger partial charge in [0.25, 0.3) is 0 Å². The molecule has 1 aromatic carbocycles. The topological polar surface area (TPSA) is 26.3 Å². The molecule has 1 fully saturated rings. The van der Waals surface area contributed by atoms with Gasteiger partial charge < -0.3 is 4.74 Å². The van der Waals surface area contributed by atoms with Gasteiger partial charge in [-0.2, -0.15) is 0 Å². The fraction of sp³-hybridized carbons (Fsp3) is 0.462. The first-order valence-electron chi connectivity index (χ1n) is 5.59. The molecule has 0 unspecified atom stereocenters. The second kappa shape index (κ2) is 4.86. The summed E-state index contributed by atoms with van der Waals surface area (Å²) in [6, 6.07) is 4.54. The molecule has 1 saturated carbocycles. The van der Waals surface area contributed by atoms with E-state index in [1.54, 1.807) is 13.2 Å². The van der Waals surface area contributed by atoms with Crippen LogP contribution in [0.4, 0.5) is 4.39 Å². The Morgan fingerprint density at radius 2 is 2.18 bits per heavy atom. The molecule has 1 aliphatic carbocycles. The lowest BCUT2D eigenvalue weighted by molar-refractivity contribution is -0.151. The Bertz CT molecular complexity index is 415. The highest BCUT2D eigenvalue weighted by Crippen LogP contribution is 2.36. The molecule has 0 N–H and O–H groups in total. The number of ether oxygens (including phenoxy) is 1. The van der Waals surface area contributed by atoms with Crippen LogP contribution in [0.3, 0.4) is 0 Å². The zero-order chi connectivity index (χ0) is 12.5. The van der Waals surface area contributed by atoms with E-state index in [1.807, 2.05) is 0 Å². The minimum absolute atomic E-state index is 0.0451. The number of halogens is 2. The van der Waals surface area contributed by atoms with Crippen LogP contribution in [0.5, 0.6) is 0 Å². The van der Waals surface area contributed by atoms with E-state index in [0.29, 0.717) is 10.0 Å². The molecule has 1 aromatic rings. The zero-order valence-corrected chi connectivity index (χ0v) is 11.2. The van der Waals surface area contributed by atoms with Crippen molar-refractivity contribution >= 4 is 21.7 Å². The van der Waals surface area contributed by atoms with Crippen molar-refractivity contribution in [1.29, 1.82) is 0 Å². The van der Waals surface area contributed by atoms with E-state index in [9.17, 15) is 9.18 Å². The molecule has 1 aliphatic rings. The average molecular weight is 301 g/mol. The van der Waals surface area contributed by atoms with E-state index in [2.05, 4.69) is 15.9 Å². The third-order valence-electron chi connectivity index (χ3n) is 3.35. The van der Waals surface area contributed by atoms with Crippen molar-refractivity contribution in [2.45, 2.75) is 31.3 Å². The van der Waals surface area contributed by atoms with Crippen LogP contribution in [0, 0.1) is 5.82 Å². The first kappa shape index (κ1) is 12.7. The third-order valence-corrected chi connectivity index (χ3v) is 3.81. The van der Waals surface area contributed by atoms with Crippen molar-refractivity contribution in [3.63, 3.8) is 0 Å². The maximum atomic E-state index is 13.2. The van der Waals surface area contributed by atoms with E-state index in [1.165, 1.54) is 12.1 Å². The largest absolute Gasteiger partial charge is 0.370 e. The summed E-state index contributed by atoms with van der Waals surface area (Å²) >= 11 is 3.22. The lowest BCUT2D eigenvalue weighted by Gasteiger charge is -2.38. The third kappa shape index (κ3) is 2.58. The maximum absolute atomic E-state index is 13.2. The number of methoxy groups -OCH3 is 1. The van der Waals surface area contributed by atoms with Gasteiger partial charge in [-0.15, -0.1) is 0 Å². The SMILES string of the molecule is COC1(C(=O)Cc2cc(F)cc(Br)c2)CCC1. The number of Topliss-reactive ketones (excluding diaryl/α,β-unsaturated/α-hetero) is 1. The number of ketones is 1. The van der Waals surface area contributed by atoms with Gasteiger partial charge in [0.2, 0.25) is 0 Å². The summed E-state index contributed by atoms with van der Waals surface area (Å²) < 4.78 is 19.1. The van der Waals surface area contributed by atoms with Crippen molar-refractivity contribution < 1.29 is 13.9 Å². The Kier molecular flexibility index (Phi) is 3.64. The quantitative estimate of drug-likeness (QED) is 0.853. The van der Waals surface area contributed by atoms with Gasteiger partial charge in [0.05, 0.1) is 0 Å². The fourth-order valence-electron chi connectivity index (χ4n) is 2.15. The molecule has 2 rings (SSSR count). The van der Waals surface area contributed by atoms with E-state index < -0.39 is 5.60 Å². The molecule has 0 saturated heterocycles. The molecule has 0 heterocycles. The average Bonchev–Trinajstić information content (AvgIpc) is 2.14. The molecule has 0 spiro atoms. The van der Waals surface area contributed by atoms with Gasteiger partial charge in [-0.05, 0) is 43.0 Å². The Hall–Kier alpha value is -0.740. The van der Waals surface area contributed by atoms with Gasteiger partial charge in [-0.25, -0.2) is 4.39 Å². The normalized spacial score (nSPS) is 17.6. The summed E-state index contributed by atoms with van der Waals surface area (Å²) in [5, 5.41) is 0. The second-order valence-corrected chi connectivity index (χ2v) is 5.35. The molecule has 17 heavy (non-hydrogen) atoms. The van der Waals surface area contributed by atoms with Crippen LogP contribution in [0.25, 0.3) is 0 Å². The van der Waals surface area contributed by atoms with Crippen molar-refractivity contribution in [1.82, 2.24) is 0 Å². The van der Waals surface area contributed by atoms with Gasteiger partial charge in [-0.3, -0.25) is 4.79 Å².